The maximum Gasteiger partial charge on any atom is 0.243 e. The van der Waals surface area contributed by atoms with Gasteiger partial charge >= 0.3 is 0 Å². The summed E-state index contributed by atoms with van der Waals surface area (Å²) in [6, 6.07) is 25.1. The van der Waals surface area contributed by atoms with Crippen LogP contribution >= 0.6 is 0 Å². The van der Waals surface area contributed by atoms with Crippen LogP contribution < -0.4 is 0 Å². The van der Waals surface area contributed by atoms with Gasteiger partial charge in [-0.1, -0.05) is 72.3 Å². The van der Waals surface area contributed by atoms with Crippen molar-refractivity contribution in [2.24, 2.45) is 5.92 Å². The third-order valence-electron chi connectivity index (χ3n) is 7.73. The molecule has 2 fully saturated rings. The van der Waals surface area contributed by atoms with E-state index in [-0.39, 0.29) is 24.3 Å². The zero-order chi connectivity index (χ0) is 22.8. The number of ketones is 1. The van der Waals surface area contributed by atoms with Gasteiger partial charge in [-0.3, -0.25) is 9.69 Å². The molecule has 0 aromatic heterocycles. The zero-order valence-electron chi connectivity index (χ0n) is 18.5. The molecule has 3 aromatic carbocycles. The molecule has 1 spiro atoms. The number of hydrogen-bond acceptors (Lipinski definition) is 4. The SMILES string of the molecule is Cc1ccc(S(=O)(=O)N2C[C@@H]3C[C@H]4c5ccccc5C(=O)[C@]3(C2)N4Cc2ccccc2)cc1. The maximum absolute atomic E-state index is 14.1. The van der Waals surface area contributed by atoms with E-state index < -0.39 is 15.6 Å². The Bertz CT molecular complexity index is 1340. The summed E-state index contributed by atoms with van der Waals surface area (Å²) in [6.07, 6.45) is 0.787. The topological polar surface area (TPSA) is 57.7 Å². The first kappa shape index (κ1) is 20.8. The van der Waals surface area contributed by atoms with Crippen molar-refractivity contribution >= 4 is 15.8 Å². The Labute approximate surface area is 194 Å². The molecular weight excluding hydrogens is 432 g/mol. The van der Waals surface area contributed by atoms with E-state index in [1.54, 1.807) is 16.4 Å². The van der Waals surface area contributed by atoms with Crippen molar-refractivity contribution in [1.82, 2.24) is 9.21 Å². The highest BCUT2D eigenvalue weighted by Crippen LogP contribution is 2.57. The van der Waals surface area contributed by atoms with Crippen LogP contribution in [-0.4, -0.2) is 42.0 Å². The second-order valence-corrected chi connectivity index (χ2v) is 11.5. The second kappa shape index (κ2) is 7.35. The molecule has 3 heterocycles. The number of fused-ring (bicyclic) bond motifs is 3. The Morgan fingerprint density at radius 3 is 2.39 bits per heavy atom. The fourth-order valence-corrected chi connectivity index (χ4v) is 7.63. The summed E-state index contributed by atoms with van der Waals surface area (Å²) in [5.41, 5.74) is 3.15. The first-order chi connectivity index (χ1) is 15.9. The second-order valence-electron chi connectivity index (χ2n) is 9.51. The largest absolute Gasteiger partial charge is 0.292 e. The fraction of sp³-hybridized carbons (Fsp3) is 0.296. The van der Waals surface area contributed by atoms with Gasteiger partial charge in [0, 0.05) is 37.2 Å². The quantitative estimate of drug-likeness (QED) is 0.588. The van der Waals surface area contributed by atoms with E-state index in [0.717, 1.165) is 28.7 Å². The minimum absolute atomic E-state index is 0.0358. The Morgan fingerprint density at radius 1 is 0.939 bits per heavy atom. The maximum atomic E-state index is 14.1. The van der Waals surface area contributed by atoms with Crippen molar-refractivity contribution in [3.05, 3.63) is 101 Å². The molecule has 6 rings (SSSR count). The van der Waals surface area contributed by atoms with Gasteiger partial charge in [0.15, 0.2) is 5.78 Å². The van der Waals surface area contributed by atoms with E-state index in [1.807, 2.05) is 55.5 Å². The smallest absolute Gasteiger partial charge is 0.243 e. The molecule has 3 atom stereocenters. The van der Waals surface area contributed by atoms with Crippen LogP contribution in [0.3, 0.4) is 0 Å². The van der Waals surface area contributed by atoms with Gasteiger partial charge < -0.3 is 0 Å². The highest BCUT2D eigenvalue weighted by molar-refractivity contribution is 7.89. The van der Waals surface area contributed by atoms with Crippen LogP contribution in [-0.2, 0) is 16.6 Å². The van der Waals surface area contributed by atoms with Crippen molar-refractivity contribution in [3.8, 4) is 0 Å². The molecule has 2 saturated heterocycles. The van der Waals surface area contributed by atoms with Gasteiger partial charge in [0.1, 0.15) is 5.54 Å². The Hall–Kier alpha value is -2.80. The van der Waals surface area contributed by atoms with Crippen molar-refractivity contribution in [1.29, 1.82) is 0 Å². The number of hydrogen-bond donors (Lipinski definition) is 0. The monoisotopic (exact) mass is 458 g/mol. The van der Waals surface area contributed by atoms with Crippen molar-refractivity contribution in [2.45, 2.75) is 36.4 Å². The molecule has 0 unspecified atom stereocenters. The summed E-state index contributed by atoms with van der Waals surface area (Å²) in [6.45, 7) is 3.14. The molecule has 0 N–H and O–H groups in total. The first-order valence-corrected chi connectivity index (χ1v) is 12.9. The van der Waals surface area contributed by atoms with Crippen LogP contribution in [0.4, 0.5) is 0 Å². The summed E-state index contributed by atoms with van der Waals surface area (Å²) < 4.78 is 28.6. The van der Waals surface area contributed by atoms with E-state index in [2.05, 4.69) is 23.1 Å². The highest BCUT2D eigenvalue weighted by Gasteiger charge is 2.66. The lowest BCUT2D eigenvalue weighted by molar-refractivity contribution is 0.0469. The number of rotatable bonds is 4. The lowest BCUT2D eigenvalue weighted by Crippen LogP contribution is -2.58. The van der Waals surface area contributed by atoms with Crippen LogP contribution in [0.2, 0.25) is 0 Å². The third-order valence-corrected chi connectivity index (χ3v) is 9.55. The number of carbonyl (C=O) groups excluding carboxylic acids is 1. The van der Waals surface area contributed by atoms with Crippen molar-refractivity contribution < 1.29 is 13.2 Å². The molecule has 3 aromatic rings. The molecule has 3 aliphatic heterocycles. The molecular formula is C27H26N2O3S. The minimum atomic E-state index is -3.68. The first-order valence-electron chi connectivity index (χ1n) is 11.4. The van der Waals surface area contributed by atoms with Crippen molar-refractivity contribution in [3.63, 3.8) is 0 Å². The van der Waals surface area contributed by atoms with Crippen LogP contribution in [0.5, 0.6) is 0 Å². The molecule has 3 aliphatic rings. The van der Waals surface area contributed by atoms with Gasteiger partial charge in [0.2, 0.25) is 10.0 Å². The average Bonchev–Trinajstić information content (AvgIpc) is 3.32. The number of benzene rings is 3. The van der Waals surface area contributed by atoms with Gasteiger partial charge in [-0.25, -0.2) is 8.42 Å². The van der Waals surface area contributed by atoms with Crippen LogP contribution in [0, 0.1) is 12.8 Å². The summed E-state index contributed by atoms with van der Waals surface area (Å²) in [7, 11) is -3.68. The van der Waals surface area contributed by atoms with Gasteiger partial charge in [-0.05, 0) is 36.6 Å². The molecule has 0 saturated carbocycles. The van der Waals surface area contributed by atoms with E-state index in [1.165, 1.54) is 0 Å². The van der Waals surface area contributed by atoms with Gasteiger partial charge in [0.05, 0.1) is 4.90 Å². The van der Waals surface area contributed by atoms with E-state index >= 15 is 0 Å². The molecule has 168 valence electrons. The molecule has 5 nitrogen and oxygen atoms in total. The zero-order valence-corrected chi connectivity index (χ0v) is 19.3. The summed E-state index contributed by atoms with van der Waals surface area (Å²) in [5, 5.41) is 0. The van der Waals surface area contributed by atoms with Crippen LogP contribution in [0.15, 0.2) is 83.8 Å². The number of carbonyl (C=O) groups is 1. The van der Waals surface area contributed by atoms with E-state index in [9.17, 15) is 13.2 Å². The van der Waals surface area contributed by atoms with Crippen molar-refractivity contribution in [2.75, 3.05) is 13.1 Å². The lowest BCUT2D eigenvalue weighted by Gasteiger charge is -2.44. The molecule has 0 aliphatic carbocycles. The standard InChI is InChI=1S/C27H26N2O3S/c1-19-11-13-22(14-12-19)33(31,32)28-17-21-15-25-23-9-5-6-10-24(23)26(30)27(21,18-28)29(25)16-20-7-3-2-4-8-20/h2-14,21,25H,15-18H2,1H3/t21-,25-,27+/m0/s1. The molecule has 2 bridgehead atoms. The predicted octanol–water partition coefficient (Wildman–Crippen LogP) is 4.20. The third kappa shape index (κ3) is 2.98. The Balaban J connectivity index is 1.44. The summed E-state index contributed by atoms with van der Waals surface area (Å²) in [4.78, 5) is 16.7. The molecule has 33 heavy (non-hydrogen) atoms. The van der Waals surface area contributed by atoms with Gasteiger partial charge in [-0.2, -0.15) is 4.31 Å². The molecule has 0 radical (unpaired) electrons. The Kier molecular flexibility index (Phi) is 4.63. The Morgan fingerprint density at radius 2 is 1.64 bits per heavy atom. The number of sulfonamides is 1. The predicted molar refractivity (Wildman–Crippen MR) is 126 cm³/mol. The van der Waals surface area contributed by atoms with E-state index in [4.69, 9.17) is 0 Å². The highest BCUT2D eigenvalue weighted by atomic mass is 32.2. The number of Topliss-reactive ketones (excluding diaryl/α,β-unsaturated/α-hetero) is 1. The van der Waals surface area contributed by atoms with E-state index in [0.29, 0.717) is 18.0 Å². The lowest BCUT2D eigenvalue weighted by atomic mass is 9.79. The summed E-state index contributed by atoms with van der Waals surface area (Å²) >= 11 is 0. The van der Waals surface area contributed by atoms with Crippen LogP contribution in [0.25, 0.3) is 0 Å². The van der Waals surface area contributed by atoms with Gasteiger partial charge in [-0.15, -0.1) is 0 Å². The number of aryl methyl sites for hydroxylation is 1. The molecule has 0 amide bonds. The number of nitrogens with zero attached hydrogens (tertiary/aromatic N) is 2. The average molecular weight is 459 g/mol. The van der Waals surface area contributed by atoms with Crippen LogP contribution in [0.1, 0.15) is 39.5 Å². The van der Waals surface area contributed by atoms with Gasteiger partial charge in [0.25, 0.3) is 0 Å². The minimum Gasteiger partial charge on any atom is -0.292 e. The summed E-state index contributed by atoms with van der Waals surface area (Å²) in [5.74, 6) is 0.0284. The normalized spacial score (nSPS) is 26.9. The molecule has 6 heteroatoms. The fourth-order valence-electron chi connectivity index (χ4n) is 6.11.